The van der Waals surface area contributed by atoms with Crippen LogP contribution in [0.15, 0.2) is 40.4 Å². The fourth-order valence-electron chi connectivity index (χ4n) is 3.49. The van der Waals surface area contributed by atoms with E-state index in [-0.39, 0.29) is 30.4 Å². The van der Waals surface area contributed by atoms with Crippen LogP contribution < -0.4 is 20.2 Å². The van der Waals surface area contributed by atoms with Crippen molar-refractivity contribution in [1.29, 1.82) is 0 Å². The summed E-state index contributed by atoms with van der Waals surface area (Å²) in [5, 5.41) is 23.2. The SMILES string of the molecule is C#CCON=C(C(=O)NC1C(=O)N2C(C(=O)[O-])=C(Cn3ccc[n+]3C)CS[C@H]12)c1nc[s+](N)n1. The molecule has 176 valence electrons. The zero-order valence-electron chi connectivity index (χ0n) is 17.8. The highest BCUT2D eigenvalue weighted by Gasteiger charge is 2.53. The molecule has 0 aliphatic carbocycles. The van der Waals surface area contributed by atoms with Crippen molar-refractivity contribution in [3.05, 3.63) is 41.1 Å². The number of hydrogen-bond acceptors (Lipinski definition) is 10. The fourth-order valence-corrected chi connectivity index (χ4v) is 5.41. The molecular formula is C19H19N8O5S2+. The van der Waals surface area contributed by atoms with E-state index in [4.69, 9.17) is 16.4 Å². The summed E-state index contributed by atoms with van der Waals surface area (Å²) in [7, 11) is 0.803. The number of nitrogens with one attached hydrogen (secondary N) is 1. The van der Waals surface area contributed by atoms with Crippen LogP contribution in [-0.2, 0) is 32.8 Å². The maximum atomic E-state index is 12.9. The first-order chi connectivity index (χ1) is 16.3. The van der Waals surface area contributed by atoms with E-state index in [1.54, 1.807) is 15.6 Å². The molecule has 2 aliphatic rings. The highest BCUT2D eigenvalue weighted by molar-refractivity contribution is 8.00. The molecule has 2 aromatic heterocycles. The Kier molecular flexibility index (Phi) is 6.63. The first-order valence-corrected chi connectivity index (χ1v) is 12.1. The second-order valence-corrected chi connectivity index (χ2v) is 9.37. The van der Waals surface area contributed by atoms with Crippen LogP contribution in [0.5, 0.6) is 0 Å². The number of nitrogens with two attached hydrogens (primary N) is 1. The van der Waals surface area contributed by atoms with E-state index >= 15 is 0 Å². The van der Waals surface area contributed by atoms with Gasteiger partial charge >= 0.3 is 0 Å². The van der Waals surface area contributed by atoms with E-state index in [1.807, 2.05) is 19.3 Å². The number of oxime groups is 1. The van der Waals surface area contributed by atoms with Crippen molar-refractivity contribution in [2.45, 2.75) is 18.0 Å². The van der Waals surface area contributed by atoms with Gasteiger partial charge < -0.3 is 20.1 Å². The number of aromatic nitrogens is 4. The predicted octanol–water partition coefficient (Wildman–Crippen LogP) is -2.98. The fraction of sp³-hybridized carbons (Fsp3) is 0.316. The number of carbonyl (C=O) groups excluding carboxylic acids is 3. The molecule has 0 spiro atoms. The molecule has 0 saturated carbocycles. The van der Waals surface area contributed by atoms with Crippen LogP contribution in [0.3, 0.4) is 0 Å². The maximum Gasteiger partial charge on any atom is 0.279 e. The molecular weight excluding hydrogens is 484 g/mol. The Morgan fingerprint density at radius 3 is 2.97 bits per heavy atom. The summed E-state index contributed by atoms with van der Waals surface area (Å²) >= 11 is 1.33. The first kappa shape index (κ1) is 23.4. The molecule has 0 bridgehead atoms. The largest absolute Gasteiger partial charge is 0.543 e. The smallest absolute Gasteiger partial charge is 0.279 e. The van der Waals surface area contributed by atoms with E-state index in [0.717, 1.165) is 4.90 Å². The number of fused-ring (bicyclic) bond motifs is 1. The third kappa shape index (κ3) is 4.38. The number of amides is 2. The van der Waals surface area contributed by atoms with E-state index in [2.05, 4.69) is 25.8 Å². The van der Waals surface area contributed by atoms with Crippen molar-refractivity contribution >= 4 is 46.1 Å². The molecule has 1 fully saturated rings. The Hall–Kier alpha value is -3.74. The van der Waals surface area contributed by atoms with Crippen molar-refractivity contribution in [3.63, 3.8) is 0 Å². The lowest BCUT2D eigenvalue weighted by Crippen LogP contribution is -2.71. The summed E-state index contributed by atoms with van der Waals surface area (Å²) in [5.74, 6) is -0.335. The zero-order valence-corrected chi connectivity index (χ0v) is 19.4. The number of thioether (sulfide) groups is 1. The number of carboxylic acids is 1. The summed E-state index contributed by atoms with van der Waals surface area (Å²) in [6, 6.07) is 0.827. The molecule has 2 amide bonds. The molecule has 15 heteroatoms. The van der Waals surface area contributed by atoms with Gasteiger partial charge in [-0.2, -0.15) is 9.67 Å². The minimum Gasteiger partial charge on any atom is -0.543 e. The van der Waals surface area contributed by atoms with Gasteiger partial charge in [0.2, 0.25) is 22.4 Å². The lowest BCUT2D eigenvalue weighted by molar-refractivity contribution is -0.752. The summed E-state index contributed by atoms with van der Waals surface area (Å²) in [6.45, 7) is 0.0773. The molecule has 4 heterocycles. The Labute approximate surface area is 200 Å². The van der Waals surface area contributed by atoms with Crippen LogP contribution in [0.2, 0.25) is 0 Å². The van der Waals surface area contributed by atoms with Crippen LogP contribution in [0.1, 0.15) is 5.82 Å². The molecule has 0 radical (unpaired) electrons. The molecule has 3 atom stereocenters. The second-order valence-electron chi connectivity index (χ2n) is 7.18. The van der Waals surface area contributed by atoms with Gasteiger partial charge in [-0.15, -0.1) is 28.0 Å². The zero-order chi connectivity index (χ0) is 24.4. The van der Waals surface area contributed by atoms with Gasteiger partial charge in [0.25, 0.3) is 17.3 Å². The monoisotopic (exact) mass is 503 g/mol. The minimum atomic E-state index is -1.46. The average Bonchev–Trinajstić information content (AvgIpc) is 3.42. The Balaban J connectivity index is 1.53. The van der Waals surface area contributed by atoms with Crippen LogP contribution in [0.4, 0.5) is 0 Å². The quantitative estimate of drug-likeness (QED) is 0.0725. The second kappa shape index (κ2) is 9.63. The highest BCUT2D eigenvalue weighted by atomic mass is 32.2. The molecule has 34 heavy (non-hydrogen) atoms. The van der Waals surface area contributed by atoms with E-state index in [0.29, 0.717) is 11.3 Å². The normalized spacial score (nSPS) is 20.4. The number of aryl methyl sites for hydroxylation is 1. The number of carbonyl (C=O) groups is 3. The molecule has 2 aliphatic heterocycles. The van der Waals surface area contributed by atoms with Gasteiger partial charge in [0, 0.05) is 16.2 Å². The van der Waals surface area contributed by atoms with Crippen LogP contribution in [0.25, 0.3) is 0 Å². The van der Waals surface area contributed by atoms with Crippen molar-refractivity contribution < 1.29 is 29.0 Å². The molecule has 2 unspecified atom stereocenters. The number of nitrogens with zero attached hydrogens (tertiary/aromatic N) is 6. The lowest BCUT2D eigenvalue weighted by Gasteiger charge is -2.50. The highest BCUT2D eigenvalue weighted by Crippen LogP contribution is 2.40. The molecule has 13 nitrogen and oxygen atoms in total. The molecule has 3 N–H and O–H groups in total. The summed E-state index contributed by atoms with van der Waals surface area (Å²) < 4.78 is 7.60. The van der Waals surface area contributed by atoms with Crippen molar-refractivity contribution in [2.24, 2.45) is 12.2 Å². The van der Waals surface area contributed by atoms with E-state index in [1.165, 1.54) is 17.3 Å². The van der Waals surface area contributed by atoms with Crippen LogP contribution in [-0.4, -0.2) is 66.2 Å². The molecule has 0 aromatic carbocycles. The molecule has 2 aromatic rings. The first-order valence-electron chi connectivity index (χ1n) is 9.76. The predicted molar refractivity (Wildman–Crippen MR) is 119 cm³/mol. The Bertz CT molecular complexity index is 1260. The van der Waals surface area contributed by atoms with Crippen LogP contribution >= 0.6 is 22.6 Å². The van der Waals surface area contributed by atoms with Crippen molar-refractivity contribution in [2.75, 3.05) is 17.5 Å². The maximum absolute atomic E-state index is 12.9. The topological polar surface area (TPSA) is 172 Å². The minimum absolute atomic E-state index is 0.0579. The van der Waals surface area contributed by atoms with E-state index in [9.17, 15) is 19.5 Å². The number of aliphatic carboxylic acids is 1. The lowest BCUT2D eigenvalue weighted by atomic mass is 10.0. The standard InChI is InChI=1S/C19H18N8O5S2/c1-3-7-32-23-12(15-21-10-34(20)24-15)16(28)22-13-17(29)27-14(19(30)31)11(9-33-18(13)27)8-26-6-4-5-25(26)2/h1,4-6,10,13,18,20H,7-9H2,2H3,(H-,22,28,30,31)/p+1/t13?,18-,34?/m1/s1. The van der Waals surface area contributed by atoms with Crippen molar-refractivity contribution in [1.82, 2.24) is 24.3 Å². The number of terminal acetylenes is 1. The third-order valence-electron chi connectivity index (χ3n) is 5.05. The summed E-state index contributed by atoms with van der Waals surface area (Å²) in [4.78, 5) is 47.7. The Morgan fingerprint density at radius 2 is 2.35 bits per heavy atom. The van der Waals surface area contributed by atoms with Gasteiger partial charge in [-0.1, -0.05) is 11.1 Å². The average molecular weight is 504 g/mol. The summed E-state index contributed by atoms with van der Waals surface area (Å²) in [6.07, 6.45) is 8.74. The van der Waals surface area contributed by atoms with E-state index < -0.39 is 40.1 Å². The number of β-lactam (4-membered cyclic amide) rings is 1. The van der Waals surface area contributed by atoms with Gasteiger partial charge in [0.15, 0.2) is 19.9 Å². The third-order valence-corrected chi connectivity index (χ3v) is 7.10. The number of hydrogen-bond donors (Lipinski definition) is 2. The van der Waals surface area contributed by atoms with Gasteiger partial charge in [-0.05, 0) is 5.57 Å². The van der Waals surface area contributed by atoms with Gasteiger partial charge in [-0.25, -0.2) is 0 Å². The number of carboxylic acid groups (broad SMARTS) is 1. The number of nitrogen functional groups attached to an aromatic ring is 1. The number of rotatable bonds is 8. The van der Waals surface area contributed by atoms with Gasteiger partial charge in [-0.3, -0.25) is 14.5 Å². The van der Waals surface area contributed by atoms with Crippen molar-refractivity contribution in [3.8, 4) is 12.3 Å². The molecule has 1 saturated heterocycles. The van der Waals surface area contributed by atoms with Gasteiger partial charge in [0.05, 0.1) is 17.9 Å². The molecule has 4 rings (SSSR count). The van der Waals surface area contributed by atoms with Crippen LogP contribution in [0, 0.1) is 12.3 Å². The van der Waals surface area contributed by atoms with Gasteiger partial charge in [0.1, 0.15) is 18.0 Å². The Morgan fingerprint density at radius 1 is 1.56 bits per heavy atom. The summed E-state index contributed by atoms with van der Waals surface area (Å²) in [5.41, 5.74) is 1.39.